The van der Waals surface area contributed by atoms with Crippen LogP contribution in [-0.2, 0) is 4.79 Å². The van der Waals surface area contributed by atoms with Gasteiger partial charge >= 0.3 is 6.01 Å². The van der Waals surface area contributed by atoms with E-state index in [2.05, 4.69) is 14.9 Å². The molecule has 8 nitrogen and oxygen atoms in total. The molecule has 5 rings (SSSR count). The molecule has 1 saturated heterocycles. The number of nitrogens with one attached hydrogen (secondary N) is 1. The van der Waals surface area contributed by atoms with Crippen LogP contribution < -0.4 is 15.0 Å². The second-order valence-corrected chi connectivity index (χ2v) is 9.27. The van der Waals surface area contributed by atoms with Crippen molar-refractivity contribution in [3.05, 3.63) is 72.9 Å². The Morgan fingerprint density at radius 1 is 1.11 bits per heavy atom. The molecule has 0 atom stereocenters. The number of hydrogen-bond acceptors (Lipinski definition) is 6. The Labute approximate surface area is 215 Å². The molecule has 2 aromatic carbocycles. The summed E-state index contributed by atoms with van der Waals surface area (Å²) in [6.07, 6.45) is 6.24. The fourth-order valence-corrected chi connectivity index (χ4v) is 4.61. The van der Waals surface area contributed by atoms with Crippen LogP contribution in [0.25, 0.3) is 22.6 Å². The molecule has 0 spiro atoms. The van der Waals surface area contributed by atoms with Crippen LogP contribution in [-0.4, -0.2) is 45.1 Å². The molecule has 1 fully saturated rings. The largest absolute Gasteiger partial charge is 0.424 e. The summed E-state index contributed by atoms with van der Waals surface area (Å²) < 4.78 is 21.8. The van der Waals surface area contributed by atoms with Gasteiger partial charge < -0.3 is 19.5 Å². The quantitative estimate of drug-likeness (QED) is 0.333. The van der Waals surface area contributed by atoms with E-state index >= 15 is 0 Å². The second kappa shape index (κ2) is 10.9. The predicted molar refractivity (Wildman–Crippen MR) is 140 cm³/mol. The molecule has 4 aromatic rings. The molecule has 37 heavy (non-hydrogen) atoms. The third-order valence-corrected chi connectivity index (χ3v) is 6.48. The van der Waals surface area contributed by atoms with Crippen molar-refractivity contribution in [2.24, 2.45) is 0 Å². The van der Waals surface area contributed by atoms with Gasteiger partial charge in [0.1, 0.15) is 11.6 Å². The Morgan fingerprint density at radius 3 is 2.62 bits per heavy atom. The summed E-state index contributed by atoms with van der Waals surface area (Å²) in [5, 5.41) is 3.40. The van der Waals surface area contributed by atoms with E-state index < -0.39 is 0 Å². The van der Waals surface area contributed by atoms with E-state index in [0.29, 0.717) is 11.4 Å². The van der Waals surface area contributed by atoms with Crippen molar-refractivity contribution >= 4 is 12.1 Å². The number of benzene rings is 2. The summed E-state index contributed by atoms with van der Waals surface area (Å²) in [5.74, 6) is 0.224. The number of piperidine rings is 1. The number of anilines is 1. The van der Waals surface area contributed by atoms with Crippen LogP contribution >= 0.6 is 0 Å². The Hall–Kier alpha value is -4.11. The highest BCUT2D eigenvalue weighted by Crippen LogP contribution is 2.35. The highest BCUT2D eigenvalue weighted by molar-refractivity contribution is 5.77. The number of halogens is 1. The van der Waals surface area contributed by atoms with Gasteiger partial charge in [-0.2, -0.15) is 4.98 Å². The number of carbonyl (C=O) groups excluding carboxylic acids is 1. The Kier molecular flexibility index (Phi) is 7.23. The molecule has 0 unspecified atom stereocenters. The zero-order valence-corrected chi connectivity index (χ0v) is 20.8. The molecule has 1 amide bonds. The van der Waals surface area contributed by atoms with Gasteiger partial charge in [-0.05, 0) is 82.2 Å². The van der Waals surface area contributed by atoms with Crippen molar-refractivity contribution in [1.29, 1.82) is 0 Å². The molecule has 1 aliphatic heterocycles. The highest BCUT2D eigenvalue weighted by Gasteiger charge is 2.24. The lowest BCUT2D eigenvalue weighted by Gasteiger charge is -2.25. The van der Waals surface area contributed by atoms with Crippen LogP contribution in [0.1, 0.15) is 32.7 Å². The molecule has 1 N–H and O–H groups in total. The number of ether oxygens (including phenoxy) is 1. The first-order valence-electron chi connectivity index (χ1n) is 12.4. The maximum atomic E-state index is 13.6. The molecule has 190 valence electrons. The third-order valence-electron chi connectivity index (χ3n) is 6.48. The second-order valence-electron chi connectivity index (χ2n) is 9.27. The number of nitrogens with zero attached hydrogens (tertiary/aromatic N) is 5. The van der Waals surface area contributed by atoms with E-state index in [9.17, 15) is 9.18 Å². The molecular weight excluding hydrogens is 471 g/mol. The summed E-state index contributed by atoms with van der Waals surface area (Å²) in [5.41, 5.74) is 3.75. The Balaban J connectivity index is 1.52. The maximum Gasteiger partial charge on any atom is 0.322 e. The highest BCUT2D eigenvalue weighted by atomic mass is 19.1. The van der Waals surface area contributed by atoms with Crippen molar-refractivity contribution in [2.45, 2.75) is 38.8 Å². The summed E-state index contributed by atoms with van der Waals surface area (Å²) in [6.45, 7) is 5.74. The van der Waals surface area contributed by atoms with Crippen molar-refractivity contribution < 1.29 is 13.9 Å². The molecule has 1 aliphatic rings. The van der Waals surface area contributed by atoms with E-state index in [4.69, 9.17) is 14.7 Å². The van der Waals surface area contributed by atoms with Crippen LogP contribution in [0.2, 0.25) is 0 Å². The van der Waals surface area contributed by atoms with Gasteiger partial charge in [-0.1, -0.05) is 6.07 Å². The molecule has 9 heteroatoms. The average Bonchev–Trinajstić information content (AvgIpc) is 3.36. The van der Waals surface area contributed by atoms with Crippen LogP contribution in [0.3, 0.4) is 0 Å². The smallest absolute Gasteiger partial charge is 0.322 e. The van der Waals surface area contributed by atoms with Crippen molar-refractivity contribution in [2.75, 3.05) is 18.0 Å². The Morgan fingerprint density at radius 2 is 1.89 bits per heavy atom. The SMILES string of the molecule is CC(C)N(C=O)c1cccc(Oc2nccc(-c3c(-c4ccc(F)cc4)ncn3C3CCNCC3)n2)c1. The lowest BCUT2D eigenvalue weighted by molar-refractivity contribution is -0.107. The zero-order valence-electron chi connectivity index (χ0n) is 20.8. The fraction of sp³-hybridized carbons (Fsp3) is 0.286. The molecule has 0 saturated carbocycles. The lowest BCUT2D eigenvalue weighted by Crippen LogP contribution is -2.29. The van der Waals surface area contributed by atoms with Crippen LogP contribution in [0.5, 0.6) is 11.8 Å². The minimum atomic E-state index is -0.298. The normalized spacial score (nSPS) is 14.1. The van der Waals surface area contributed by atoms with E-state index in [0.717, 1.165) is 55.0 Å². The summed E-state index contributed by atoms with van der Waals surface area (Å²) in [4.78, 5) is 26.9. The first-order chi connectivity index (χ1) is 18.0. The third kappa shape index (κ3) is 5.36. The van der Waals surface area contributed by atoms with Crippen molar-refractivity contribution in [1.82, 2.24) is 24.8 Å². The van der Waals surface area contributed by atoms with Gasteiger partial charge in [-0.15, -0.1) is 0 Å². The van der Waals surface area contributed by atoms with Gasteiger partial charge in [0.15, 0.2) is 0 Å². The molecule has 0 radical (unpaired) electrons. The first kappa shape index (κ1) is 24.6. The predicted octanol–water partition coefficient (Wildman–Crippen LogP) is 5.23. The molecule has 2 aromatic heterocycles. The monoisotopic (exact) mass is 500 g/mol. The number of hydrogen-bond donors (Lipinski definition) is 1. The topological polar surface area (TPSA) is 85.2 Å². The van der Waals surface area contributed by atoms with Gasteiger partial charge in [0, 0.05) is 35.6 Å². The summed E-state index contributed by atoms with van der Waals surface area (Å²) in [6, 6.07) is 15.9. The van der Waals surface area contributed by atoms with E-state index in [1.54, 1.807) is 35.4 Å². The minimum absolute atomic E-state index is 0.00693. The van der Waals surface area contributed by atoms with E-state index in [1.165, 1.54) is 12.1 Å². The number of amides is 1. The van der Waals surface area contributed by atoms with Crippen LogP contribution in [0, 0.1) is 5.82 Å². The number of aromatic nitrogens is 4. The Bertz CT molecular complexity index is 1370. The molecule has 3 heterocycles. The maximum absolute atomic E-state index is 13.6. The van der Waals surface area contributed by atoms with Crippen LogP contribution in [0.4, 0.5) is 10.1 Å². The zero-order chi connectivity index (χ0) is 25.8. The van der Waals surface area contributed by atoms with Gasteiger partial charge in [-0.25, -0.2) is 14.4 Å². The minimum Gasteiger partial charge on any atom is -0.424 e. The van der Waals surface area contributed by atoms with Crippen LogP contribution in [0.15, 0.2) is 67.1 Å². The molecule has 0 bridgehead atoms. The summed E-state index contributed by atoms with van der Waals surface area (Å²) >= 11 is 0. The fourth-order valence-electron chi connectivity index (χ4n) is 4.61. The van der Waals surface area contributed by atoms with Gasteiger partial charge in [0.25, 0.3) is 0 Å². The lowest BCUT2D eigenvalue weighted by atomic mass is 10.0. The average molecular weight is 501 g/mol. The van der Waals surface area contributed by atoms with Gasteiger partial charge in [0.05, 0.1) is 23.4 Å². The van der Waals surface area contributed by atoms with E-state index in [-0.39, 0.29) is 23.9 Å². The number of imidazole rings is 1. The van der Waals surface area contributed by atoms with Gasteiger partial charge in [0.2, 0.25) is 6.41 Å². The summed E-state index contributed by atoms with van der Waals surface area (Å²) in [7, 11) is 0. The van der Waals surface area contributed by atoms with E-state index in [1.807, 2.05) is 38.4 Å². The first-order valence-corrected chi connectivity index (χ1v) is 12.4. The number of rotatable bonds is 8. The van der Waals surface area contributed by atoms with Gasteiger partial charge in [-0.3, -0.25) is 4.79 Å². The molecular formula is C28H29FN6O2. The number of carbonyl (C=O) groups is 1. The standard InChI is InChI=1S/C28H29FN6O2/c1-19(2)35(18-36)23-4-3-5-24(16-23)37-28-31-15-12-25(33-28)27-26(20-6-8-21(29)9-7-20)32-17-34(27)22-10-13-30-14-11-22/h3-9,12,15-19,22,30H,10-11,13-14H2,1-2H3. The van der Waals surface area contributed by atoms with Crippen molar-refractivity contribution in [3.8, 4) is 34.4 Å². The van der Waals surface area contributed by atoms with Crippen molar-refractivity contribution in [3.63, 3.8) is 0 Å². The molecule has 0 aliphatic carbocycles.